The average molecular weight is 443 g/mol. The summed E-state index contributed by atoms with van der Waals surface area (Å²) < 4.78 is 11.5. The largest absolute Gasteiger partial charge is 0.486 e. The van der Waals surface area contributed by atoms with Gasteiger partial charge in [0.15, 0.2) is 11.5 Å². The molecule has 6 rings (SSSR count). The van der Waals surface area contributed by atoms with Crippen LogP contribution in [0.15, 0.2) is 66.9 Å². The van der Waals surface area contributed by atoms with Crippen molar-refractivity contribution in [1.29, 1.82) is 0 Å². The first-order chi connectivity index (χ1) is 16.2. The van der Waals surface area contributed by atoms with Crippen LogP contribution in [0.5, 0.6) is 11.5 Å². The van der Waals surface area contributed by atoms with Crippen molar-refractivity contribution in [2.75, 3.05) is 36.5 Å². The van der Waals surface area contributed by atoms with E-state index in [0.29, 0.717) is 24.5 Å². The van der Waals surface area contributed by atoms with Crippen molar-refractivity contribution in [3.63, 3.8) is 0 Å². The number of amides is 1. The van der Waals surface area contributed by atoms with Crippen molar-refractivity contribution in [3.05, 3.63) is 78.1 Å². The zero-order chi connectivity index (χ0) is 22.3. The van der Waals surface area contributed by atoms with Crippen molar-refractivity contribution in [3.8, 4) is 11.5 Å². The van der Waals surface area contributed by atoms with Gasteiger partial charge in [0.05, 0.1) is 16.9 Å². The molecule has 1 amide bonds. The molecule has 3 aliphatic rings. The van der Waals surface area contributed by atoms with Crippen molar-refractivity contribution < 1.29 is 14.3 Å². The number of ether oxygens (including phenoxy) is 2. The second kappa shape index (κ2) is 8.08. The SMILES string of the molecule is O=C1c2ccccc2NC2(CCN(Cc3ccccn3)CC2)N1c1ccc2c(c1)OCCO2. The van der Waals surface area contributed by atoms with Crippen LogP contribution in [0, 0.1) is 0 Å². The van der Waals surface area contributed by atoms with Gasteiger partial charge >= 0.3 is 0 Å². The molecule has 1 saturated heterocycles. The highest BCUT2D eigenvalue weighted by molar-refractivity contribution is 6.13. The predicted molar refractivity (Wildman–Crippen MR) is 126 cm³/mol. The minimum atomic E-state index is -0.504. The van der Waals surface area contributed by atoms with Crippen LogP contribution < -0.4 is 19.7 Å². The molecule has 7 heteroatoms. The van der Waals surface area contributed by atoms with E-state index in [9.17, 15) is 4.79 Å². The summed E-state index contributed by atoms with van der Waals surface area (Å²) in [5, 5.41) is 3.75. The molecule has 0 saturated carbocycles. The zero-order valence-corrected chi connectivity index (χ0v) is 18.4. The molecule has 168 valence electrons. The third kappa shape index (κ3) is 3.58. The number of nitrogens with zero attached hydrogens (tertiary/aromatic N) is 3. The molecule has 1 aromatic heterocycles. The van der Waals surface area contributed by atoms with Crippen LogP contribution in [0.3, 0.4) is 0 Å². The highest BCUT2D eigenvalue weighted by atomic mass is 16.6. The number of benzene rings is 2. The van der Waals surface area contributed by atoms with E-state index < -0.39 is 5.66 Å². The van der Waals surface area contributed by atoms with Gasteiger partial charge in [0, 0.05) is 50.4 Å². The van der Waals surface area contributed by atoms with E-state index in [4.69, 9.17) is 9.47 Å². The quantitative estimate of drug-likeness (QED) is 0.663. The van der Waals surface area contributed by atoms with Crippen LogP contribution >= 0.6 is 0 Å². The molecule has 7 nitrogen and oxygen atoms in total. The van der Waals surface area contributed by atoms with E-state index in [1.807, 2.05) is 65.7 Å². The fourth-order valence-corrected chi connectivity index (χ4v) is 5.09. The zero-order valence-electron chi connectivity index (χ0n) is 18.4. The van der Waals surface area contributed by atoms with Crippen LogP contribution in [0.4, 0.5) is 11.4 Å². The Morgan fingerprint density at radius 3 is 2.55 bits per heavy atom. The number of carbonyl (C=O) groups is 1. The molecule has 2 aromatic carbocycles. The van der Waals surface area contributed by atoms with Gasteiger partial charge in [-0.2, -0.15) is 0 Å². The van der Waals surface area contributed by atoms with Gasteiger partial charge in [-0.1, -0.05) is 18.2 Å². The third-order valence-electron chi connectivity index (χ3n) is 6.73. The Labute approximate surface area is 192 Å². The monoisotopic (exact) mass is 442 g/mol. The van der Waals surface area contributed by atoms with Gasteiger partial charge in [0.2, 0.25) is 0 Å². The molecule has 0 radical (unpaired) electrons. The number of pyridine rings is 1. The summed E-state index contributed by atoms with van der Waals surface area (Å²) >= 11 is 0. The van der Waals surface area contributed by atoms with Crippen molar-refractivity contribution in [2.24, 2.45) is 0 Å². The number of likely N-dealkylation sites (tertiary alicyclic amines) is 1. The fraction of sp³-hybridized carbons (Fsp3) is 0.308. The first kappa shape index (κ1) is 20.1. The summed E-state index contributed by atoms with van der Waals surface area (Å²) in [5.74, 6) is 1.43. The van der Waals surface area contributed by atoms with Gasteiger partial charge in [0.25, 0.3) is 5.91 Å². The van der Waals surface area contributed by atoms with Gasteiger partial charge in [-0.25, -0.2) is 0 Å². The number of piperidine rings is 1. The molecule has 0 bridgehead atoms. The number of rotatable bonds is 3. The Morgan fingerprint density at radius 1 is 0.939 bits per heavy atom. The second-order valence-electron chi connectivity index (χ2n) is 8.77. The molecule has 3 aliphatic heterocycles. The van der Waals surface area contributed by atoms with Gasteiger partial charge in [0.1, 0.15) is 18.9 Å². The smallest absolute Gasteiger partial charge is 0.262 e. The van der Waals surface area contributed by atoms with Crippen LogP contribution in [0.25, 0.3) is 0 Å². The molecule has 3 aromatic rings. The summed E-state index contributed by atoms with van der Waals surface area (Å²) in [7, 11) is 0. The molecule has 0 atom stereocenters. The molecule has 0 unspecified atom stereocenters. The van der Waals surface area contributed by atoms with Gasteiger partial charge in [-0.3, -0.25) is 19.6 Å². The summed E-state index contributed by atoms with van der Waals surface area (Å²) in [5.41, 5.74) is 2.97. The Kier molecular flexibility index (Phi) is 4.91. The number of nitrogens with one attached hydrogen (secondary N) is 1. The molecule has 0 aliphatic carbocycles. The molecule has 1 fully saturated rings. The summed E-state index contributed by atoms with van der Waals surface area (Å²) in [6.07, 6.45) is 3.44. The van der Waals surface area contributed by atoms with E-state index in [1.54, 1.807) is 0 Å². The molecule has 1 N–H and O–H groups in total. The number of hydrogen-bond donors (Lipinski definition) is 1. The molecular formula is C26H26N4O3. The Bertz CT molecular complexity index is 1180. The van der Waals surface area contributed by atoms with Crippen molar-refractivity contribution >= 4 is 17.3 Å². The van der Waals surface area contributed by atoms with E-state index >= 15 is 0 Å². The Balaban J connectivity index is 1.33. The first-order valence-electron chi connectivity index (χ1n) is 11.5. The maximum Gasteiger partial charge on any atom is 0.262 e. The third-order valence-corrected chi connectivity index (χ3v) is 6.73. The maximum atomic E-state index is 13.8. The summed E-state index contributed by atoms with van der Waals surface area (Å²) in [6.45, 7) is 3.59. The summed E-state index contributed by atoms with van der Waals surface area (Å²) in [6, 6.07) is 19.6. The normalized spacial score (nSPS) is 19.2. The Hall–Kier alpha value is -3.58. The average Bonchev–Trinajstić information content (AvgIpc) is 2.86. The van der Waals surface area contributed by atoms with Crippen LogP contribution in [-0.2, 0) is 6.54 Å². The first-order valence-corrected chi connectivity index (χ1v) is 11.5. The lowest BCUT2D eigenvalue weighted by molar-refractivity contribution is 0.0903. The standard InChI is InChI=1S/C26H26N4O3/c31-25-21-6-1-2-7-22(21)28-26(10-13-29(14-11-26)18-19-5-3-4-12-27-19)30(25)20-8-9-23-24(17-20)33-16-15-32-23/h1-9,12,17,28H,10-11,13-16,18H2. The highest BCUT2D eigenvalue weighted by Crippen LogP contribution is 2.43. The lowest BCUT2D eigenvalue weighted by atomic mass is 9.89. The lowest BCUT2D eigenvalue weighted by Crippen LogP contribution is -2.64. The number of para-hydroxylation sites is 1. The minimum absolute atomic E-state index is 0.0132. The van der Waals surface area contributed by atoms with Crippen molar-refractivity contribution in [2.45, 2.75) is 25.0 Å². The lowest BCUT2D eigenvalue weighted by Gasteiger charge is -2.52. The molecule has 4 heterocycles. The summed E-state index contributed by atoms with van der Waals surface area (Å²) in [4.78, 5) is 22.6. The van der Waals surface area contributed by atoms with Crippen LogP contribution in [-0.4, -0.2) is 47.8 Å². The number of anilines is 2. The Morgan fingerprint density at radius 2 is 1.73 bits per heavy atom. The van der Waals surface area contributed by atoms with Crippen LogP contribution in [0.1, 0.15) is 28.9 Å². The molecular weight excluding hydrogens is 416 g/mol. The van der Waals surface area contributed by atoms with E-state index in [0.717, 1.165) is 55.3 Å². The number of hydrogen-bond acceptors (Lipinski definition) is 6. The van der Waals surface area contributed by atoms with Gasteiger partial charge < -0.3 is 14.8 Å². The second-order valence-corrected chi connectivity index (χ2v) is 8.77. The topological polar surface area (TPSA) is 66.9 Å². The highest BCUT2D eigenvalue weighted by Gasteiger charge is 2.47. The number of carbonyl (C=O) groups excluding carboxylic acids is 1. The van der Waals surface area contributed by atoms with Gasteiger partial charge in [-0.15, -0.1) is 0 Å². The van der Waals surface area contributed by atoms with E-state index in [2.05, 4.69) is 21.3 Å². The van der Waals surface area contributed by atoms with Crippen LogP contribution in [0.2, 0.25) is 0 Å². The van der Waals surface area contributed by atoms with E-state index in [1.165, 1.54) is 0 Å². The van der Waals surface area contributed by atoms with Gasteiger partial charge in [-0.05, 0) is 36.4 Å². The van der Waals surface area contributed by atoms with Crippen molar-refractivity contribution in [1.82, 2.24) is 9.88 Å². The fourth-order valence-electron chi connectivity index (χ4n) is 5.09. The van der Waals surface area contributed by atoms with E-state index in [-0.39, 0.29) is 5.91 Å². The predicted octanol–water partition coefficient (Wildman–Crippen LogP) is 3.92. The maximum absolute atomic E-state index is 13.8. The number of aromatic nitrogens is 1. The minimum Gasteiger partial charge on any atom is -0.486 e. The number of fused-ring (bicyclic) bond motifs is 2. The molecule has 1 spiro atoms. The molecule has 33 heavy (non-hydrogen) atoms.